The zero-order chi connectivity index (χ0) is 14.4. The maximum Gasteiger partial charge on any atom is 0.185 e. The fourth-order valence-corrected chi connectivity index (χ4v) is 2.34. The minimum atomic E-state index is 0.122. The molecule has 1 heterocycles. The summed E-state index contributed by atoms with van der Waals surface area (Å²) in [5.41, 5.74) is 12.1. The molecule has 6 nitrogen and oxygen atoms in total. The number of aliphatic imine (C=N–C) groups is 1. The number of hydrogen-bond donors (Lipinski definition) is 2. The van der Waals surface area contributed by atoms with Gasteiger partial charge >= 0.3 is 0 Å². The summed E-state index contributed by atoms with van der Waals surface area (Å²) < 4.78 is 10.6. The number of methoxy groups -OCH3 is 1. The van der Waals surface area contributed by atoms with Crippen LogP contribution in [0.3, 0.4) is 0 Å². The molecular formula is C14H22N4O2. The average Bonchev–Trinajstić information content (AvgIpc) is 2.49. The molecule has 1 aromatic rings. The molecule has 0 radical (unpaired) electrons. The van der Waals surface area contributed by atoms with E-state index in [2.05, 4.69) is 22.0 Å². The molecule has 0 aliphatic carbocycles. The Hall–Kier alpha value is -1.79. The Morgan fingerprint density at radius 3 is 2.50 bits per heavy atom. The molecule has 20 heavy (non-hydrogen) atoms. The van der Waals surface area contributed by atoms with Crippen molar-refractivity contribution in [3.8, 4) is 5.75 Å². The van der Waals surface area contributed by atoms with Gasteiger partial charge in [0.25, 0.3) is 0 Å². The number of nitrogens with zero attached hydrogens (tertiary/aromatic N) is 2. The van der Waals surface area contributed by atoms with Gasteiger partial charge in [-0.2, -0.15) is 0 Å². The lowest BCUT2D eigenvalue weighted by atomic mass is 10.0. The molecule has 0 saturated carbocycles. The van der Waals surface area contributed by atoms with Gasteiger partial charge in [0.2, 0.25) is 0 Å². The van der Waals surface area contributed by atoms with Crippen molar-refractivity contribution < 1.29 is 9.47 Å². The van der Waals surface area contributed by atoms with Crippen LogP contribution in [0.5, 0.6) is 5.75 Å². The van der Waals surface area contributed by atoms with E-state index < -0.39 is 0 Å². The summed E-state index contributed by atoms with van der Waals surface area (Å²) in [6.45, 7) is 3.81. The number of hydrogen-bond acceptors (Lipinski definition) is 4. The smallest absolute Gasteiger partial charge is 0.185 e. The van der Waals surface area contributed by atoms with E-state index in [1.54, 1.807) is 7.11 Å². The maximum atomic E-state index is 5.46. The largest absolute Gasteiger partial charge is 0.497 e. The first-order valence-corrected chi connectivity index (χ1v) is 6.72. The zero-order valence-corrected chi connectivity index (χ0v) is 11.8. The van der Waals surface area contributed by atoms with Crippen LogP contribution in [0.4, 0.5) is 0 Å². The first-order chi connectivity index (χ1) is 9.70. The Balaban J connectivity index is 2.16. The summed E-state index contributed by atoms with van der Waals surface area (Å²) >= 11 is 0. The summed E-state index contributed by atoms with van der Waals surface area (Å²) in [5, 5.41) is 0. The summed E-state index contributed by atoms with van der Waals surface area (Å²) in [5.74, 6) is 0.966. The average molecular weight is 278 g/mol. The van der Waals surface area contributed by atoms with Gasteiger partial charge in [-0.1, -0.05) is 12.1 Å². The SMILES string of the molecule is COc1ccc(C(CN=C(N)N)N2CCOCC2)cc1. The normalized spacial score (nSPS) is 17.4. The highest BCUT2D eigenvalue weighted by Crippen LogP contribution is 2.24. The minimum Gasteiger partial charge on any atom is -0.497 e. The quantitative estimate of drug-likeness (QED) is 0.599. The summed E-state index contributed by atoms with van der Waals surface area (Å²) in [4.78, 5) is 6.52. The third-order valence-corrected chi connectivity index (χ3v) is 3.43. The van der Waals surface area contributed by atoms with E-state index in [1.807, 2.05) is 12.1 Å². The van der Waals surface area contributed by atoms with Crippen LogP contribution in [-0.4, -0.2) is 50.8 Å². The van der Waals surface area contributed by atoms with Crippen molar-refractivity contribution in [1.82, 2.24) is 4.90 Å². The number of guanidine groups is 1. The Morgan fingerprint density at radius 2 is 1.95 bits per heavy atom. The van der Waals surface area contributed by atoms with Gasteiger partial charge < -0.3 is 20.9 Å². The standard InChI is InChI=1S/C14H22N4O2/c1-19-12-4-2-11(3-5-12)13(10-17-14(15)16)18-6-8-20-9-7-18/h2-5,13H,6-10H2,1H3,(H4,15,16,17). The van der Waals surface area contributed by atoms with Gasteiger partial charge in [-0.25, -0.2) is 0 Å². The fraction of sp³-hybridized carbons (Fsp3) is 0.500. The Morgan fingerprint density at radius 1 is 1.30 bits per heavy atom. The van der Waals surface area contributed by atoms with Crippen molar-refractivity contribution in [3.05, 3.63) is 29.8 Å². The van der Waals surface area contributed by atoms with Gasteiger partial charge in [0.05, 0.1) is 32.9 Å². The van der Waals surface area contributed by atoms with Crippen molar-refractivity contribution in [1.29, 1.82) is 0 Å². The monoisotopic (exact) mass is 278 g/mol. The fourth-order valence-electron chi connectivity index (χ4n) is 2.34. The van der Waals surface area contributed by atoms with Crippen LogP contribution in [-0.2, 0) is 4.74 Å². The summed E-state index contributed by atoms with van der Waals surface area (Å²) in [6.07, 6.45) is 0. The van der Waals surface area contributed by atoms with Gasteiger partial charge in [-0.05, 0) is 17.7 Å². The third kappa shape index (κ3) is 3.85. The molecule has 1 fully saturated rings. The first kappa shape index (κ1) is 14.6. The Bertz CT molecular complexity index is 437. The zero-order valence-electron chi connectivity index (χ0n) is 11.8. The van der Waals surface area contributed by atoms with E-state index in [4.69, 9.17) is 20.9 Å². The van der Waals surface area contributed by atoms with Gasteiger partial charge in [0.1, 0.15) is 5.75 Å². The van der Waals surface area contributed by atoms with E-state index in [1.165, 1.54) is 5.56 Å². The van der Waals surface area contributed by atoms with Crippen molar-refractivity contribution in [3.63, 3.8) is 0 Å². The van der Waals surface area contributed by atoms with Gasteiger partial charge in [-0.15, -0.1) is 0 Å². The maximum absolute atomic E-state index is 5.46. The topological polar surface area (TPSA) is 86.1 Å². The molecule has 6 heteroatoms. The van der Waals surface area contributed by atoms with E-state index in [0.717, 1.165) is 32.1 Å². The van der Waals surface area contributed by atoms with Crippen LogP contribution < -0.4 is 16.2 Å². The van der Waals surface area contributed by atoms with E-state index in [-0.39, 0.29) is 12.0 Å². The van der Waals surface area contributed by atoms with Crippen LogP contribution in [0.15, 0.2) is 29.3 Å². The predicted octanol–water partition coefficient (Wildman–Crippen LogP) is 0.342. The Labute approximate surface area is 119 Å². The lowest BCUT2D eigenvalue weighted by Gasteiger charge is -2.34. The molecule has 1 aromatic carbocycles. The van der Waals surface area contributed by atoms with Crippen LogP contribution in [0, 0.1) is 0 Å². The number of nitrogens with two attached hydrogens (primary N) is 2. The van der Waals surface area contributed by atoms with E-state index in [9.17, 15) is 0 Å². The van der Waals surface area contributed by atoms with Crippen molar-refractivity contribution in [2.75, 3.05) is 40.0 Å². The second kappa shape index (κ2) is 7.12. The molecule has 0 bridgehead atoms. The molecule has 1 atom stereocenters. The molecule has 2 rings (SSSR count). The number of ether oxygens (including phenoxy) is 2. The van der Waals surface area contributed by atoms with Crippen LogP contribution >= 0.6 is 0 Å². The molecule has 1 saturated heterocycles. The number of benzene rings is 1. The highest BCUT2D eigenvalue weighted by Gasteiger charge is 2.22. The van der Waals surface area contributed by atoms with Crippen LogP contribution in [0.25, 0.3) is 0 Å². The molecule has 1 aliphatic heterocycles. The third-order valence-electron chi connectivity index (χ3n) is 3.43. The lowest BCUT2D eigenvalue weighted by Crippen LogP contribution is -2.40. The number of rotatable bonds is 5. The molecular weight excluding hydrogens is 256 g/mol. The molecule has 110 valence electrons. The summed E-state index contributed by atoms with van der Waals surface area (Å²) in [7, 11) is 1.66. The first-order valence-electron chi connectivity index (χ1n) is 6.72. The van der Waals surface area contributed by atoms with Gasteiger partial charge in [0, 0.05) is 13.1 Å². The molecule has 1 aliphatic rings. The van der Waals surface area contributed by atoms with Crippen molar-refractivity contribution >= 4 is 5.96 Å². The molecule has 0 spiro atoms. The van der Waals surface area contributed by atoms with E-state index in [0.29, 0.717) is 6.54 Å². The number of morpholine rings is 1. The molecule has 0 aromatic heterocycles. The van der Waals surface area contributed by atoms with Crippen LogP contribution in [0.1, 0.15) is 11.6 Å². The van der Waals surface area contributed by atoms with Crippen molar-refractivity contribution in [2.45, 2.75) is 6.04 Å². The predicted molar refractivity (Wildman–Crippen MR) is 78.8 cm³/mol. The molecule has 0 amide bonds. The van der Waals surface area contributed by atoms with Crippen molar-refractivity contribution in [2.24, 2.45) is 16.5 Å². The van der Waals surface area contributed by atoms with Crippen LogP contribution in [0.2, 0.25) is 0 Å². The van der Waals surface area contributed by atoms with Gasteiger partial charge in [0.15, 0.2) is 5.96 Å². The van der Waals surface area contributed by atoms with Gasteiger partial charge in [-0.3, -0.25) is 9.89 Å². The summed E-state index contributed by atoms with van der Waals surface area (Å²) in [6, 6.07) is 8.19. The molecule has 4 N–H and O–H groups in total. The van der Waals surface area contributed by atoms with E-state index >= 15 is 0 Å². The minimum absolute atomic E-state index is 0.122. The second-order valence-corrected chi connectivity index (χ2v) is 4.70. The second-order valence-electron chi connectivity index (χ2n) is 4.70. The highest BCUT2D eigenvalue weighted by atomic mass is 16.5. The Kier molecular flexibility index (Phi) is 5.20. The lowest BCUT2D eigenvalue weighted by molar-refractivity contribution is 0.0180. The molecule has 1 unspecified atom stereocenters. The highest BCUT2D eigenvalue weighted by molar-refractivity contribution is 5.75.